The van der Waals surface area contributed by atoms with Crippen LogP contribution in [0.5, 0.6) is 0 Å². The molecule has 1 aliphatic rings. The Morgan fingerprint density at radius 3 is 2.24 bits per heavy atom. The lowest BCUT2D eigenvalue weighted by Crippen LogP contribution is -2.41. The molecular weight excluding hydrogens is 273 g/mol. The zero-order valence-corrected chi connectivity index (χ0v) is 12.8. The maximum atomic E-state index is 9.93. The van der Waals surface area contributed by atoms with Gasteiger partial charge < -0.3 is 24.6 Å². The van der Waals surface area contributed by atoms with Gasteiger partial charge in [-0.3, -0.25) is 4.98 Å². The van der Waals surface area contributed by atoms with Crippen LogP contribution in [0.2, 0.25) is 0 Å². The van der Waals surface area contributed by atoms with Crippen molar-refractivity contribution in [3.63, 3.8) is 0 Å². The molecular formula is C14H22BNO5. The average Bonchev–Trinajstić information content (AvgIpc) is 2.66. The van der Waals surface area contributed by atoms with Crippen LogP contribution in [0.1, 0.15) is 39.4 Å². The molecule has 7 heteroatoms. The van der Waals surface area contributed by atoms with E-state index in [9.17, 15) is 10.2 Å². The van der Waals surface area contributed by atoms with E-state index in [4.69, 9.17) is 14.4 Å². The van der Waals surface area contributed by atoms with Crippen molar-refractivity contribution in [2.45, 2.75) is 51.1 Å². The second-order valence-electron chi connectivity index (χ2n) is 6.33. The monoisotopic (exact) mass is 295 g/mol. The van der Waals surface area contributed by atoms with Gasteiger partial charge in [-0.25, -0.2) is 0 Å². The van der Waals surface area contributed by atoms with Crippen molar-refractivity contribution in [2.24, 2.45) is 0 Å². The van der Waals surface area contributed by atoms with Crippen LogP contribution in [-0.2, 0) is 9.31 Å². The lowest BCUT2D eigenvalue weighted by atomic mass is 9.79. The van der Waals surface area contributed by atoms with E-state index in [2.05, 4.69) is 4.98 Å². The van der Waals surface area contributed by atoms with Gasteiger partial charge in [0.25, 0.3) is 0 Å². The molecule has 21 heavy (non-hydrogen) atoms. The molecule has 0 aliphatic carbocycles. The summed E-state index contributed by atoms with van der Waals surface area (Å²) in [6, 6.07) is 1.67. The molecule has 0 bridgehead atoms. The molecule has 2 heterocycles. The van der Waals surface area contributed by atoms with Crippen LogP contribution in [0.4, 0.5) is 0 Å². The van der Waals surface area contributed by atoms with Crippen molar-refractivity contribution >= 4 is 12.6 Å². The van der Waals surface area contributed by atoms with Gasteiger partial charge in [-0.15, -0.1) is 0 Å². The summed E-state index contributed by atoms with van der Waals surface area (Å²) < 4.78 is 11.8. The molecule has 1 aromatic rings. The molecule has 1 aliphatic heterocycles. The SMILES string of the molecule is CC1(C)OB(c2cncc(C(O)C(O)CO)c2)OC1(C)C. The van der Waals surface area contributed by atoms with Gasteiger partial charge in [-0.2, -0.15) is 0 Å². The second-order valence-corrected chi connectivity index (χ2v) is 6.33. The van der Waals surface area contributed by atoms with Crippen LogP contribution in [0.15, 0.2) is 18.5 Å². The summed E-state index contributed by atoms with van der Waals surface area (Å²) in [6.07, 6.45) is 0.590. The highest BCUT2D eigenvalue weighted by molar-refractivity contribution is 6.62. The Balaban J connectivity index is 2.23. The van der Waals surface area contributed by atoms with Crippen LogP contribution in [-0.4, -0.2) is 51.3 Å². The number of pyridine rings is 1. The number of aromatic nitrogens is 1. The van der Waals surface area contributed by atoms with Crippen LogP contribution in [0.3, 0.4) is 0 Å². The van der Waals surface area contributed by atoms with Crippen molar-refractivity contribution in [1.82, 2.24) is 4.98 Å². The van der Waals surface area contributed by atoms with Crippen molar-refractivity contribution in [1.29, 1.82) is 0 Å². The Labute approximate surface area is 124 Å². The van der Waals surface area contributed by atoms with Crippen molar-refractivity contribution < 1.29 is 24.6 Å². The molecule has 2 atom stereocenters. The number of aliphatic hydroxyl groups excluding tert-OH is 3. The fourth-order valence-corrected chi connectivity index (χ4v) is 2.07. The number of rotatable bonds is 4. The van der Waals surface area contributed by atoms with E-state index in [0.29, 0.717) is 11.0 Å². The van der Waals surface area contributed by atoms with E-state index >= 15 is 0 Å². The zero-order valence-electron chi connectivity index (χ0n) is 12.8. The lowest BCUT2D eigenvalue weighted by molar-refractivity contribution is -0.0153. The van der Waals surface area contributed by atoms with Gasteiger partial charge in [0.2, 0.25) is 0 Å². The fraction of sp³-hybridized carbons (Fsp3) is 0.643. The molecule has 1 aromatic heterocycles. The van der Waals surface area contributed by atoms with E-state index < -0.39 is 37.1 Å². The Hall–Kier alpha value is -0.985. The third kappa shape index (κ3) is 3.12. The highest BCUT2D eigenvalue weighted by atomic mass is 16.7. The fourth-order valence-electron chi connectivity index (χ4n) is 2.07. The summed E-state index contributed by atoms with van der Waals surface area (Å²) in [5.74, 6) is 0. The van der Waals surface area contributed by atoms with E-state index in [-0.39, 0.29) is 0 Å². The molecule has 6 nitrogen and oxygen atoms in total. The summed E-state index contributed by atoms with van der Waals surface area (Å²) >= 11 is 0. The van der Waals surface area contributed by atoms with E-state index in [1.807, 2.05) is 27.7 Å². The minimum Gasteiger partial charge on any atom is -0.399 e. The first-order valence-corrected chi connectivity index (χ1v) is 6.95. The van der Waals surface area contributed by atoms with E-state index in [0.717, 1.165) is 0 Å². The van der Waals surface area contributed by atoms with Crippen LogP contribution < -0.4 is 5.46 Å². The summed E-state index contributed by atoms with van der Waals surface area (Å²) in [5.41, 5.74) is 0.146. The van der Waals surface area contributed by atoms with Gasteiger partial charge in [0, 0.05) is 23.4 Å². The van der Waals surface area contributed by atoms with Gasteiger partial charge in [-0.05, 0) is 27.7 Å². The first-order chi connectivity index (χ1) is 9.68. The standard InChI is InChI=1S/C14H22BNO5/c1-13(2)14(3,4)21-15(20-13)10-5-9(6-16-7-10)12(19)11(18)8-17/h5-7,11-12,17-19H,8H2,1-4H3. The van der Waals surface area contributed by atoms with Crippen molar-refractivity contribution in [3.8, 4) is 0 Å². The Morgan fingerprint density at radius 1 is 1.14 bits per heavy atom. The molecule has 0 saturated carbocycles. The first kappa shape index (κ1) is 16.4. The molecule has 2 unspecified atom stereocenters. The van der Waals surface area contributed by atoms with Crippen LogP contribution in [0.25, 0.3) is 0 Å². The van der Waals surface area contributed by atoms with Gasteiger partial charge in [-0.1, -0.05) is 6.07 Å². The first-order valence-electron chi connectivity index (χ1n) is 6.95. The van der Waals surface area contributed by atoms with E-state index in [1.165, 1.54) is 6.20 Å². The molecule has 1 fully saturated rings. The highest BCUT2D eigenvalue weighted by Crippen LogP contribution is 2.36. The third-order valence-electron chi connectivity index (χ3n) is 4.20. The van der Waals surface area contributed by atoms with Gasteiger partial charge in [0.15, 0.2) is 0 Å². The molecule has 0 amide bonds. The highest BCUT2D eigenvalue weighted by Gasteiger charge is 2.51. The third-order valence-corrected chi connectivity index (χ3v) is 4.20. The summed E-state index contributed by atoms with van der Waals surface area (Å²) in [4.78, 5) is 4.05. The summed E-state index contributed by atoms with van der Waals surface area (Å²) in [6.45, 7) is 7.29. The average molecular weight is 295 g/mol. The number of hydrogen-bond donors (Lipinski definition) is 3. The Kier molecular flexibility index (Phi) is 4.42. The predicted octanol–water partition coefficient (Wildman–Crippen LogP) is -0.233. The largest absolute Gasteiger partial charge is 0.496 e. The molecule has 1 saturated heterocycles. The lowest BCUT2D eigenvalue weighted by Gasteiger charge is -2.32. The normalized spacial score (nSPS) is 23.1. The molecule has 0 spiro atoms. The van der Waals surface area contributed by atoms with Gasteiger partial charge in [0.1, 0.15) is 12.2 Å². The number of hydrogen-bond acceptors (Lipinski definition) is 6. The molecule has 0 aromatic carbocycles. The number of aliphatic hydroxyl groups is 3. The zero-order chi connectivity index (χ0) is 15.8. The summed E-state index contributed by atoms with van der Waals surface area (Å²) in [7, 11) is -0.582. The minimum absolute atomic E-state index is 0.406. The van der Waals surface area contributed by atoms with E-state index in [1.54, 1.807) is 12.3 Å². The maximum absolute atomic E-state index is 9.93. The topological polar surface area (TPSA) is 92.0 Å². The van der Waals surface area contributed by atoms with Crippen LogP contribution >= 0.6 is 0 Å². The quantitative estimate of drug-likeness (QED) is 0.664. The molecule has 0 radical (unpaired) electrons. The Bertz CT molecular complexity index is 492. The predicted molar refractivity (Wildman–Crippen MR) is 78.0 cm³/mol. The molecule has 116 valence electrons. The molecule has 3 N–H and O–H groups in total. The number of nitrogens with zero attached hydrogens (tertiary/aromatic N) is 1. The van der Waals surface area contributed by atoms with Gasteiger partial charge in [0.05, 0.1) is 17.8 Å². The van der Waals surface area contributed by atoms with Crippen molar-refractivity contribution in [2.75, 3.05) is 6.61 Å². The second kappa shape index (κ2) is 5.66. The maximum Gasteiger partial charge on any atom is 0.496 e. The Morgan fingerprint density at radius 2 is 1.71 bits per heavy atom. The van der Waals surface area contributed by atoms with Crippen molar-refractivity contribution in [3.05, 3.63) is 24.0 Å². The smallest absolute Gasteiger partial charge is 0.399 e. The van der Waals surface area contributed by atoms with Gasteiger partial charge >= 0.3 is 7.12 Å². The summed E-state index contributed by atoms with van der Waals surface area (Å²) in [5, 5.41) is 28.3. The molecule has 2 rings (SSSR count). The van der Waals surface area contributed by atoms with Crippen LogP contribution in [0, 0.1) is 0 Å². The minimum atomic E-state index is -1.25.